The Morgan fingerprint density at radius 2 is 2.07 bits per heavy atom. The maximum Gasteiger partial charge on any atom is 0.362 e. The van der Waals surface area contributed by atoms with Crippen LogP contribution in [-0.4, -0.2) is 68.5 Å². The average molecular weight is 435 g/mol. The summed E-state index contributed by atoms with van der Waals surface area (Å²) in [6, 6.07) is -2.31. The molecule has 0 unspecified atom stereocenters. The minimum Gasteiger partial charge on any atom is -0.478 e. The van der Waals surface area contributed by atoms with E-state index in [1.54, 1.807) is 0 Å². The van der Waals surface area contributed by atoms with E-state index in [-0.39, 0.29) is 15.1 Å². The Labute approximate surface area is 163 Å². The van der Waals surface area contributed by atoms with Crippen molar-refractivity contribution in [1.29, 1.82) is 0 Å². The summed E-state index contributed by atoms with van der Waals surface area (Å²) in [5.41, 5.74) is 3.26. The summed E-state index contributed by atoms with van der Waals surface area (Å²) >= 11 is 0.980. The third-order valence-corrected chi connectivity index (χ3v) is 5.41. The number of amides is 2. The molecule has 13 nitrogen and oxygen atoms in total. The molecule has 1 aliphatic rings. The van der Waals surface area contributed by atoms with Gasteiger partial charge in [-0.2, -0.15) is 8.42 Å². The van der Waals surface area contributed by atoms with Gasteiger partial charge in [0.25, 0.3) is 11.8 Å². The number of aliphatic carboxylic acids is 1. The van der Waals surface area contributed by atoms with E-state index in [0.717, 1.165) is 11.3 Å². The molecule has 1 aromatic rings. The predicted molar refractivity (Wildman–Crippen MR) is 95.7 cm³/mol. The van der Waals surface area contributed by atoms with Gasteiger partial charge in [-0.3, -0.25) is 14.1 Å². The minimum atomic E-state index is -4.76. The Kier molecular flexibility index (Phi) is 5.63. The highest BCUT2D eigenvalue weighted by Gasteiger charge is 2.51. The van der Waals surface area contributed by atoms with Crippen molar-refractivity contribution in [3.63, 3.8) is 0 Å². The molecule has 0 saturated carbocycles. The standard InChI is InChI=1S/C13H17N5O8S2/c1-5-7(10(20)18(5)28(23,24)25)16-9(19)8(6-4-27-12(14)15-6)17-26-13(2,3)11(21)22/h4-5,7H,1-3H3,(H2,14,15)(H,16,19)(H,21,22)(H,23,24,25)/b17-8-/t5-,7+/m0/s1. The first-order chi connectivity index (χ1) is 12.8. The van der Waals surface area contributed by atoms with E-state index in [2.05, 4.69) is 15.5 Å². The van der Waals surface area contributed by atoms with E-state index in [0.29, 0.717) is 0 Å². The molecule has 1 aliphatic heterocycles. The molecular formula is C13H17N5O8S2. The van der Waals surface area contributed by atoms with E-state index in [1.807, 2.05) is 0 Å². The smallest absolute Gasteiger partial charge is 0.362 e. The number of aromatic nitrogens is 1. The molecule has 28 heavy (non-hydrogen) atoms. The Morgan fingerprint density at radius 3 is 2.50 bits per heavy atom. The first kappa shape index (κ1) is 21.5. The van der Waals surface area contributed by atoms with Crippen LogP contribution in [0, 0.1) is 0 Å². The second-order valence-electron chi connectivity index (χ2n) is 6.22. The van der Waals surface area contributed by atoms with Gasteiger partial charge in [-0.15, -0.1) is 11.3 Å². The van der Waals surface area contributed by atoms with E-state index in [1.165, 1.54) is 26.2 Å². The Morgan fingerprint density at radius 1 is 1.46 bits per heavy atom. The lowest BCUT2D eigenvalue weighted by molar-refractivity contribution is -0.161. The van der Waals surface area contributed by atoms with Gasteiger partial charge in [0.2, 0.25) is 5.60 Å². The first-order valence-electron chi connectivity index (χ1n) is 7.58. The molecule has 1 aromatic heterocycles. The number of nitrogens with zero attached hydrogens (tertiary/aromatic N) is 3. The van der Waals surface area contributed by atoms with Crippen LogP contribution in [0.2, 0.25) is 0 Å². The van der Waals surface area contributed by atoms with Gasteiger partial charge >= 0.3 is 16.3 Å². The third kappa shape index (κ3) is 4.20. The number of carboxylic acid groups (broad SMARTS) is 1. The molecular weight excluding hydrogens is 418 g/mol. The topological polar surface area (TPSA) is 202 Å². The van der Waals surface area contributed by atoms with Gasteiger partial charge < -0.3 is 21.0 Å². The van der Waals surface area contributed by atoms with Crippen LogP contribution >= 0.6 is 11.3 Å². The number of nitrogens with two attached hydrogens (primary N) is 1. The molecule has 5 N–H and O–H groups in total. The molecule has 0 aliphatic carbocycles. The summed E-state index contributed by atoms with van der Waals surface area (Å²) in [5.74, 6) is -3.38. The number of β-lactam (4-membered cyclic amide) rings is 1. The van der Waals surface area contributed by atoms with E-state index >= 15 is 0 Å². The van der Waals surface area contributed by atoms with Crippen LogP contribution in [0.25, 0.3) is 0 Å². The molecule has 2 atom stereocenters. The van der Waals surface area contributed by atoms with Crippen LogP contribution < -0.4 is 11.1 Å². The van der Waals surface area contributed by atoms with Crippen molar-refractivity contribution in [3.05, 3.63) is 11.1 Å². The Balaban J connectivity index is 2.26. The fourth-order valence-electron chi connectivity index (χ4n) is 2.11. The molecule has 0 bridgehead atoms. The number of hydrogen-bond donors (Lipinski definition) is 4. The van der Waals surface area contributed by atoms with Gasteiger partial charge in [0.15, 0.2) is 10.8 Å². The van der Waals surface area contributed by atoms with Gasteiger partial charge in [0, 0.05) is 5.38 Å². The number of carbonyl (C=O) groups excluding carboxylic acids is 2. The molecule has 0 radical (unpaired) electrons. The second-order valence-corrected chi connectivity index (χ2v) is 8.40. The summed E-state index contributed by atoms with van der Waals surface area (Å²) in [7, 11) is -4.76. The van der Waals surface area contributed by atoms with Crippen LogP contribution in [0.4, 0.5) is 5.13 Å². The van der Waals surface area contributed by atoms with Crippen molar-refractivity contribution >= 4 is 50.3 Å². The van der Waals surface area contributed by atoms with E-state index in [4.69, 9.17) is 20.2 Å². The van der Waals surface area contributed by atoms with E-state index in [9.17, 15) is 22.8 Å². The fraction of sp³-hybridized carbons (Fsp3) is 0.462. The largest absolute Gasteiger partial charge is 0.478 e. The van der Waals surface area contributed by atoms with Crippen molar-refractivity contribution in [2.75, 3.05) is 5.73 Å². The molecule has 0 spiro atoms. The molecule has 2 amide bonds. The van der Waals surface area contributed by atoms with Crippen LogP contribution in [-0.2, 0) is 29.5 Å². The number of oxime groups is 1. The highest BCUT2D eigenvalue weighted by molar-refractivity contribution is 7.84. The van der Waals surface area contributed by atoms with Crippen LogP contribution in [0.5, 0.6) is 0 Å². The molecule has 1 saturated heterocycles. The number of carbonyl (C=O) groups is 3. The summed E-state index contributed by atoms with van der Waals surface area (Å²) in [4.78, 5) is 44.4. The van der Waals surface area contributed by atoms with Gasteiger partial charge in [0.1, 0.15) is 11.7 Å². The molecule has 1 fully saturated rings. The molecule has 15 heteroatoms. The lowest BCUT2D eigenvalue weighted by Crippen LogP contribution is -2.71. The van der Waals surface area contributed by atoms with Gasteiger partial charge in [-0.05, 0) is 20.8 Å². The zero-order chi connectivity index (χ0) is 21.4. The predicted octanol–water partition coefficient (Wildman–Crippen LogP) is -1.17. The van der Waals surface area contributed by atoms with Crippen molar-refractivity contribution in [2.45, 2.75) is 38.5 Å². The molecule has 2 heterocycles. The number of carboxylic acids is 1. The maximum atomic E-state index is 12.6. The normalized spacial score (nSPS) is 20.5. The summed E-state index contributed by atoms with van der Waals surface area (Å²) < 4.78 is 31.4. The van der Waals surface area contributed by atoms with Crippen molar-refractivity contribution in [3.8, 4) is 0 Å². The number of nitrogen functional groups attached to an aromatic ring is 1. The van der Waals surface area contributed by atoms with E-state index < -0.39 is 51.5 Å². The Hall–Kier alpha value is -2.78. The third-order valence-electron chi connectivity index (χ3n) is 3.73. The maximum absolute atomic E-state index is 12.6. The molecule has 2 rings (SSSR count). The quantitative estimate of drug-likeness (QED) is 0.175. The SMILES string of the molecule is C[C@H]1[C@@H](NC(=O)/C(=N\OC(C)(C)C(=O)O)c2csc(N)n2)C(=O)N1S(=O)(=O)O. The summed E-state index contributed by atoms with van der Waals surface area (Å²) in [6.45, 7) is 3.69. The number of rotatable bonds is 7. The minimum absolute atomic E-state index is 0.0350. The zero-order valence-electron chi connectivity index (χ0n) is 14.8. The second kappa shape index (κ2) is 7.33. The number of thiazole rings is 1. The molecule has 0 aromatic carbocycles. The summed E-state index contributed by atoms with van der Waals surface area (Å²) in [6.07, 6.45) is 0. The lowest BCUT2D eigenvalue weighted by atomic mass is 10.0. The van der Waals surface area contributed by atoms with Gasteiger partial charge in [0.05, 0.1) is 6.04 Å². The first-order valence-corrected chi connectivity index (χ1v) is 9.86. The van der Waals surface area contributed by atoms with Crippen LogP contribution in [0.1, 0.15) is 26.5 Å². The van der Waals surface area contributed by atoms with Crippen molar-refractivity contribution in [2.24, 2.45) is 5.16 Å². The Bertz CT molecular complexity index is 954. The van der Waals surface area contributed by atoms with Gasteiger partial charge in [-0.1, -0.05) is 5.16 Å². The van der Waals surface area contributed by atoms with Crippen LogP contribution in [0.3, 0.4) is 0 Å². The fourth-order valence-corrected chi connectivity index (χ4v) is 3.54. The zero-order valence-corrected chi connectivity index (χ0v) is 16.4. The monoisotopic (exact) mass is 435 g/mol. The highest BCUT2D eigenvalue weighted by Crippen LogP contribution is 2.23. The lowest BCUT2D eigenvalue weighted by Gasteiger charge is -2.42. The average Bonchev–Trinajstić information content (AvgIpc) is 2.97. The number of nitrogens with one attached hydrogen (secondary N) is 1. The number of hydrogen-bond acceptors (Lipinski definition) is 10. The highest BCUT2D eigenvalue weighted by atomic mass is 32.2. The number of anilines is 1. The molecule has 154 valence electrons. The van der Waals surface area contributed by atoms with Crippen molar-refractivity contribution in [1.82, 2.24) is 14.6 Å². The van der Waals surface area contributed by atoms with Gasteiger partial charge in [-0.25, -0.2) is 14.1 Å². The van der Waals surface area contributed by atoms with Crippen molar-refractivity contribution < 1.29 is 37.3 Å². The van der Waals surface area contributed by atoms with Crippen LogP contribution in [0.15, 0.2) is 10.5 Å². The summed E-state index contributed by atoms with van der Waals surface area (Å²) in [5, 5.41) is 16.3.